The average Bonchev–Trinajstić information content (AvgIpc) is 3.89. The second-order valence-corrected chi connectivity index (χ2v) is 49.0. The van der Waals surface area contributed by atoms with Crippen LogP contribution in [0.1, 0.15) is 221 Å². The third-order valence-electron chi connectivity index (χ3n) is 13.6. The van der Waals surface area contributed by atoms with Crippen molar-refractivity contribution in [2.24, 2.45) is 0 Å². The van der Waals surface area contributed by atoms with E-state index in [4.69, 9.17) is 4.98 Å². The van der Waals surface area contributed by atoms with Crippen LogP contribution in [0.15, 0.2) is 30.5 Å². The van der Waals surface area contributed by atoms with Gasteiger partial charge in [-0.1, -0.05) is 0 Å². The van der Waals surface area contributed by atoms with Crippen LogP contribution in [0.2, 0.25) is 26.6 Å². The Balaban J connectivity index is 2.10. The summed E-state index contributed by atoms with van der Waals surface area (Å²) in [6.45, 7) is 19.2. The summed E-state index contributed by atoms with van der Waals surface area (Å²) in [4.78, 5) is 8.61. The Labute approximate surface area is 378 Å². The van der Waals surface area contributed by atoms with Gasteiger partial charge in [-0.15, -0.1) is 0 Å². The van der Waals surface area contributed by atoms with E-state index in [9.17, 15) is 0 Å². The summed E-state index contributed by atoms with van der Waals surface area (Å²) >= 11 is -0.617. The van der Waals surface area contributed by atoms with Gasteiger partial charge in [-0.2, -0.15) is 0 Å². The molecule has 0 saturated carbocycles. The van der Waals surface area contributed by atoms with Crippen molar-refractivity contribution in [1.82, 2.24) is 4.98 Å². The van der Waals surface area contributed by atoms with E-state index in [0.29, 0.717) is 0 Å². The molecule has 1 nitrogen and oxygen atoms in total. The fourth-order valence-electron chi connectivity index (χ4n) is 9.65. The molecule has 0 saturated heterocycles. The Bertz CT molecular complexity index is 1300. The van der Waals surface area contributed by atoms with Crippen LogP contribution in [0.5, 0.6) is 0 Å². The normalized spacial score (nSPS) is 12.3. The summed E-state index contributed by atoms with van der Waals surface area (Å²) in [5, 5.41) is 0. The van der Waals surface area contributed by atoms with Crippen molar-refractivity contribution in [3.63, 3.8) is 0 Å². The van der Waals surface area contributed by atoms with Crippen molar-refractivity contribution in [2.75, 3.05) is 0 Å². The summed E-state index contributed by atoms with van der Waals surface area (Å²) < 4.78 is 13.1. The van der Waals surface area contributed by atoms with Gasteiger partial charge in [0, 0.05) is 0 Å². The first-order chi connectivity index (χ1) is 28.4. The fourth-order valence-corrected chi connectivity index (χ4v) is 50.4. The average molecular weight is 1050 g/mol. The Morgan fingerprint density at radius 3 is 1.10 bits per heavy atom. The van der Waals surface area contributed by atoms with Gasteiger partial charge in [-0.05, 0) is 0 Å². The molecule has 3 rings (SSSR count). The molecule has 0 bridgehead atoms. The monoisotopic (exact) mass is 1050 g/mol. The molecule has 0 radical (unpaired) electrons. The van der Waals surface area contributed by atoms with Gasteiger partial charge in [0.25, 0.3) is 0 Å². The quantitative estimate of drug-likeness (QED) is 0.0418. The van der Waals surface area contributed by atoms with E-state index in [1.165, 1.54) is 183 Å². The van der Waals surface area contributed by atoms with Crippen molar-refractivity contribution in [1.29, 1.82) is 0 Å². The zero-order valence-corrected chi connectivity index (χ0v) is 47.1. The van der Waals surface area contributed by atoms with E-state index in [-0.39, 0.29) is 0 Å². The molecule has 0 fully saturated rings. The van der Waals surface area contributed by atoms with Gasteiger partial charge in [0.05, 0.1) is 0 Å². The topological polar surface area (TPSA) is 12.9 Å². The molecule has 0 spiro atoms. The summed E-state index contributed by atoms with van der Waals surface area (Å²) in [5.74, 6) is 0. The zero-order valence-electron chi connectivity index (χ0n) is 39.8. The van der Waals surface area contributed by atoms with Gasteiger partial charge < -0.3 is 0 Å². The summed E-state index contributed by atoms with van der Waals surface area (Å²) in [5.41, 5.74) is 5.98. The van der Waals surface area contributed by atoms with Crippen LogP contribution >= 0.6 is 22.7 Å². The number of thiophene rings is 2. The first-order valence-electron chi connectivity index (χ1n) is 25.6. The van der Waals surface area contributed by atoms with Crippen LogP contribution in [0.4, 0.5) is 0 Å². The minimum absolute atomic E-state index is 1.23. The second-order valence-electron chi connectivity index (χ2n) is 18.6. The third kappa shape index (κ3) is 17.0. The molecule has 0 aliphatic carbocycles. The summed E-state index contributed by atoms with van der Waals surface area (Å²) in [7, 11) is 0. The Morgan fingerprint density at radius 1 is 0.397 bits per heavy atom. The number of hydrogen-bond acceptors (Lipinski definition) is 3. The molecular weight excluding hydrogens is 952 g/mol. The van der Waals surface area contributed by atoms with Crippen LogP contribution < -0.4 is 5.79 Å². The van der Waals surface area contributed by atoms with Gasteiger partial charge in [-0.25, -0.2) is 0 Å². The van der Waals surface area contributed by atoms with E-state index in [1.54, 1.807) is 42.6 Å². The molecule has 0 amide bonds. The number of unbranched alkanes of at least 4 members (excludes halogenated alkanes) is 16. The Kier molecular flexibility index (Phi) is 28.1. The van der Waals surface area contributed by atoms with E-state index < -0.39 is 36.8 Å². The van der Waals surface area contributed by atoms with Crippen LogP contribution in [-0.4, -0.2) is 41.7 Å². The fraction of sp³-hybridized carbons (Fsp3) is 0.755. The van der Waals surface area contributed by atoms with Crippen molar-refractivity contribution in [3.8, 4) is 21.0 Å². The molecule has 3 heterocycles. The molecule has 0 aromatic carbocycles. The molecule has 3 aromatic heterocycles. The maximum absolute atomic E-state index is 5.49. The molecule has 0 N–H and O–H groups in total. The molecule has 0 atom stereocenters. The minimum atomic E-state index is -2.56. The molecule has 0 unspecified atom stereocenters. The molecule has 5 heteroatoms. The van der Waals surface area contributed by atoms with Gasteiger partial charge >= 0.3 is 382 Å². The molecule has 58 heavy (non-hydrogen) atoms. The van der Waals surface area contributed by atoms with Crippen LogP contribution in [0.3, 0.4) is 0 Å². The van der Waals surface area contributed by atoms with Crippen molar-refractivity contribution in [3.05, 3.63) is 41.6 Å². The third-order valence-corrected chi connectivity index (χ3v) is 52.4. The molecular formula is C53H93NS2Sn2. The first-order valence-corrected chi connectivity index (χ1v) is 42.2. The predicted molar refractivity (Wildman–Crippen MR) is 274 cm³/mol. The molecule has 330 valence electrons. The van der Waals surface area contributed by atoms with Crippen LogP contribution in [0.25, 0.3) is 21.0 Å². The number of pyridine rings is 1. The van der Waals surface area contributed by atoms with E-state index in [2.05, 4.69) is 109 Å². The standard InChI is InChI=1S/C29H39NS2.6C4H9.2Sn/c1-3-5-7-9-11-13-15-24-19-21-31-28(24)26-17-18-27(30-23-26)29-25(20-22-32-29)16-14-12-10-8-6-4-2;6*1-3-4-2;;/h17-20,23H,3-16H2,1-2H3;6*1,3-4H2,2H3;;. The second kappa shape index (κ2) is 31.1. The van der Waals surface area contributed by atoms with Gasteiger partial charge in [-0.3, -0.25) is 0 Å². The summed E-state index contributed by atoms with van der Waals surface area (Å²) in [6, 6.07) is 10.6. The number of aryl methyl sites for hydroxylation is 2. The van der Waals surface area contributed by atoms with E-state index >= 15 is 0 Å². The Hall–Kier alpha value is 0.147. The van der Waals surface area contributed by atoms with Crippen molar-refractivity contribution < 1.29 is 0 Å². The van der Waals surface area contributed by atoms with Gasteiger partial charge in [0.15, 0.2) is 0 Å². The SMILES string of the molecule is CCCCCCCCc1c[c]([Sn]([CH2]CCC)([CH2]CCC)[CH2]CCC)sc1-c1ccc(-c2s[c]([Sn]([CH2]CCC)([CH2]CCC)[CH2]CCC)cc2CCCCCCCC)nc1. The predicted octanol–water partition coefficient (Wildman–Crippen LogP) is 18.5. The van der Waals surface area contributed by atoms with Crippen LogP contribution in [0, 0.1) is 0 Å². The van der Waals surface area contributed by atoms with E-state index in [1.807, 2.05) is 5.79 Å². The van der Waals surface area contributed by atoms with Crippen LogP contribution in [-0.2, 0) is 12.8 Å². The van der Waals surface area contributed by atoms with Gasteiger partial charge in [0.1, 0.15) is 0 Å². The maximum atomic E-state index is 5.49. The van der Waals surface area contributed by atoms with Gasteiger partial charge in [0.2, 0.25) is 0 Å². The molecule has 3 aromatic rings. The Morgan fingerprint density at radius 2 is 0.741 bits per heavy atom. The number of aromatic nitrogens is 1. The summed E-state index contributed by atoms with van der Waals surface area (Å²) in [6.07, 6.45) is 37.9. The molecule has 0 aliphatic rings. The number of rotatable bonds is 36. The first kappa shape index (κ1) is 52.5. The molecule has 0 aliphatic heterocycles. The van der Waals surface area contributed by atoms with Crippen molar-refractivity contribution in [2.45, 2.75) is 249 Å². The van der Waals surface area contributed by atoms with Crippen molar-refractivity contribution >= 4 is 65.2 Å². The number of nitrogens with zero attached hydrogens (tertiary/aromatic N) is 1. The zero-order chi connectivity index (χ0) is 41.9. The number of hydrogen-bond donors (Lipinski definition) is 0. The van der Waals surface area contributed by atoms with E-state index in [0.717, 1.165) is 0 Å².